The molecule has 23 heavy (non-hydrogen) atoms. The summed E-state index contributed by atoms with van der Waals surface area (Å²) in [4.78, 5) is 29.2. The highest BCUT2D eigenvalue weighted by Gasteiger charge is 2.30. The number of amidine groups is 1. The molecule has 0 radical (unpaired) electrons. The zero-order valence-electron chi connectivity index (χ0n) is 12.6. The van der Waals surface area contributed by atoms with Gasteiger partial charge in [0.1, 0.15) is 11.5 Å². The molecule has 7 heteroatoms. The van der Waals surface area contributed by atoms with Gasteiger partial charge in [-0.05, 0) is 30.7 Å². The van der Waals surface area contributed by atoms with E-state index in [0.717, 1.165) is 35.8 Å². The van der Waals surface area contributed by atoms with E-state index in [9.17, 15) is 9.59 Å². The summed E-state index contributed by atoms with van der Waals surface area (Å²) in [7, 11) is 0. The SMILES string of the molecule is O=C1C=C(Nc2ccc(C3=NCCCN3)cc2)C(=O)N1CCO. The molecule has 0 aromatic heterocycles. The molecule has 0 atom stereocenters. The van der Waals surface area contributed by atoms with Gasteiger partial charge in [-0.25, -0.2) is 0 Å². The highest BCUT2D eigenvalue weighted by Crippen LogP contribution is 2.18. The number of aliphatic hydroxyl groups excluding tert-OH is 1. The molecule has 0 fully saturated rings. The number of rotatable bonds is 5. The lowest BCUT2D eigenvalue weighted by molar-refractivity contribution is -0.137. The van der Waals surface area contributed by atoms with Crippen LogP contribution in [0.4, 0.5) is 5.69 Å². The maximum absolute atomic E-state index is 12.1. The third-order valence-electron chi connectivity index (χ3n) is 3.67. The van der Waals surface area contributed by atoms with Gasteiger partial charge in [-0.2, -0.15) is 0 Å². The summed E-state index contributed by atoms with van der Waals surface area (Å²) >= 11 is 0. The number of imide groups is 1. The lowest BCUT2D eigenvalue weighted by atomic mass is 10.1. The van der Waals surface area contributed by atoms with Crippen molar-refractivity contribution in [2.24, 2.45) is 4.99 Å². The van der Waals surface area contributed by atoms with Gasteiger partial charge in [-0.3, -0.25) is 19.5 Å². The van der Waals surface area contributed by atoms with Crippen LogP contribution in [-0.4, -0.2) is 53.9 Å². The van der Waals surface area contributed by atoms with Crippen molar-refractivity contribution in [2.75, 3.05) is 31.6 Å². The second-order valence-corrected chi connectivity index (χ2v) is 5.29. The Hall–Kier alpha value is -2.67. The van der Waals surface area contributed by atoms with Gasteiger partial charge in [0.25, 0.3) is 11.8 Å². The van der Waals surface area contributed by atoms with E-state index in [1.807, 2.05) is 24.3 Å². The zero-order chi connectivity index (χ0) is 16.2. The molecular weight excluding hydrogens is 296 g/mol. The third-order valence-corrected chi connectivity index (χ3v) is 3.67. The summed E-state index contributed by atoms with van der Waals surface area (Å²) < 4.78 is 0. The number of anilines is 1. The van der Waals surface area contributed by atoms with Crippen molar-refractivity contribution >= 4 is 23.3 Å². The Kier molecular flexibility index (Phi) is 4.38. The molecule has 3 rings (SSSR count). The minimum absolute atomic E-state index is 0.00375. The molecule has 2 aliphatic heterocycles. The largest absolute Gasteiger partial charge is 0.395 e. The minimum Gasteiger partial charge on any atom is -0.395 e. The van der Waals surface area contributed by atoms with Gasteiger partial charge < -0.3 is 15.7 Å². The number of hydrogen-bond acceptors (Lipinski definition) is 6. The lowest BCUT2D eigenvalue weighted by Gasteiger charge is -2.15. The van der Waals surface area contributed by atoms with Crippen LogP contribution in [0.25, 0.3) is 0 Å². The van der Waals surface area contributed by atoms with Gasteiger partial charge in [0.15, 0.2) is 0 Å². The number of aliphatic imine (C=N–C) groups is 1. The zero-order valence-corrected chi connectivity index (χ0v) is 12.6. The fraction of sp³-hybridized carbons (Fsp3) is 0.312. The third kappa shape index (κ3) is 3.24. The molecule has 1 aromatic carbocycles. The molecule has 2 amide bonds. The van der Waals surface area contributed by atoms with Crippen LogP contribution in [-0.2, 0) is 9.59 Å². The van der Waals surface area contributed by atoms with E-state index < -0.39 is 11.8 Å². The van der Waals surface area contributed by atoms with Crippen molar-refractivity contribution in [3.05, 3.63) is 41.6 Å². The molecule has 7 nitrogen and oxygen atoms in total. The van der Waals surface area contributed by atoms with E-state index in [0.29, 0.717) is 5.69 Å². The predicted molar refractivity (Wildman–Crippen MR) is 86.0 cm³/mol. The van der Waals surface area contributed by atoms with E-state index in [4.69, 9.17) is 5.11 Å². The van der Waals surface area contributed by atoms with Crippen molar-refractivity contribution in [3.63, 3.8) is 0 Å². The highest BCUT2D eigenvalue weighted by atomic mass is 16.3. The number of nitrogens with zero attached hydrogens (tertiary/aromatic N) is 2. The topological polar surface area (TPSA) is 94.0 Å². The number of nitrogens with one attached hydrogen (secondary N) is 2. The Labute approximate surface area is 133 Å². The number of carbonyl (C=O) groups is 2. The fourth-order valence-electron chi connectivity index (χ4n) is 2.50. The Balaban J connectivity index is 1.69. The first-order valence-electron chi connectivity index (χ1n) is 7.53. The summed E-state index contributed by atoms with van der Waals surface area (Å²) in [5, 5.41) is 15.1. The van der Waals surface area contributed by atoms with E-state index in [1.54, 1.807) is 0 Å². The van der Waals surface area contributed by atoms with Crippen LogP contribution in [0.2, 0.25) is 0 Å². The fourth-order valence-corrected chi connectivity index (χ4v) is 2.50. The van der Waals surface area contributed by atoms with Crippen LogP contribution in [0, 0.1) is 0 Å². The average Bonchev–Trinajstić information content (AvgIpc) is 2.84. The quantitative estimate of drug-likeness (QED) is 0.669. The molecule has 0 aliphatic carbocycles. The highest BCUT2D eigenvalue weighted by molar-refractivity contribution is 6.17. The number of hydrogen-bond donors (Lipinski definition) is 3. The Morgan fingerprint density at radius 3 is 2.70 bits per heavy atom. The number of aliphatic hydroxyl groups is 1. The normalized spacial score (nSPS) is 17.7. The van der Waals surface area contributed by atoms with Gasteiger partial charge in [-0.1, -0.05) is 0 Å². The van der Waals surface area contributed by atoms with Crippen molar-refractivity contribution in [1.82, 2.24) is 10.2 Å². The summed E-state index contributed by atoms with van der Waals surface area (Å²) in [6, 6.07) is 7.49. The Bertz CT molecular complexity index is 679. The second kappa shape index (κ2) is 6.62. The Morgan fingerprint density at radius 1 is 1.26 bits per heavy atom. The molecule has 0 bridgehead atoms. The van der Waals surface area contributed by atoms with E-state index in [-0.39, 0.29) is 18.8 Å². The molecule has 1 aromatic rings. The van der Waals surface area contributed by atoms with Crippen molar-refractivity contribution < 1.29 is 14.7 Å². The summed E-state index contributed by atoms with van der Waals surface area (Å²) in [6.45, 7) is 1.50. The standard InChI is InChI=1S/C16H18N4O3/c21-9-8-20-14(22)10-13(16(20)23)19-12-4-2-11(3-5-12)15-17-6-1-7-18-15/h2-5,10,19,21H,1,6-9H2,(H,17,18). The number of benzene rings is 1. The summed E-state index contributed by atoms with van der Waals surface area (Å²) in [6.07, 6.45) is 2.29. The maximum Gasteiger partial charge on any atom is 0.277 e. The first kappa shape index (κ1) is 15.2. The monoisotopic (exact) mass is 314 g/mol. The number of carbonyl (C=O) groups excluding carboxylic acids is 2. The molecule has 2 heterocycles. The van der Waals surface area contributed by atoms with Gasteiger partial charge in [0.05, 0.1) is 13.2 Å². The predicted octanol–water partition coefficient (Wildman–Crippen LogP) is 0.0834. The van der Waals surface area contributed by atoms with Crippen molar-refractivity contribution in [2.45, 2.75) is 6.42 Å². The molecule has 3 N–H and O–H groups in total. The first-order chi connectivity index (χ1) is 11.2. The molecule has 0 spiro atoms. The van der Waals surface area contributed by atoms with Gasteiger partial charge >= 0.3 is 0 Å². The van der Waals surface area contributed by atoms with E-state index >= 15 is 0 Å². The van der Waals surface area contributed by atoms with Gasteiger partial charge in [-0.15, -0.1) is 0 Å². The molecule has 2 aliphatic rings. The Morgan fingerprint density at radius 2 is 2.04 bits per heavy atom. The van der Waals surface area contributed by atoms with Crippen molar-refractivity contribution in [1.29, 1.82) is 0 Å². The molecule has 0 saturated carbocycles. The lowest BCUT2D eigenvalue weighted by Crippen LogP contribution is -2.34. The van der Waals surface area contributed by atoms with Crippen LogP contribution in [0.1, 0.15) is 12.0 Å². The smallest absolute Gasteiger partial charge is 0.277 e. The van der Waals surface area contributed by atoms with E-state index in [2.05, 4.69) is 15.6 Å². The van der Waals surface area contributed by atoms with E-state index in [1.165, 1.54) is 6.08 Å². The van der Waals surface area contributed by atoms with Crippen LogP contribution in [0.5, 0.6) is 0 Å². The summed E-state index contributed by atoms with van der Waals surface area (Å²) in [5.74, 6) is 0.0404. The second-order valence-electron chi connectivity index (χ2n) is 5.29. The van der Waals surface area contributed by atoms with Crippen molar-refractivity contribution in [3.8, 4) is 0 Å². The maximum atomic E-state index is 12.1. The average molecular weight is 314 g/mol. The molecule has 0 unspecified atom stereocenters. The van der Waals surface area contributed by atoms with Crippen LogP contribution >= 0.6 is 0 Å². The minimum atomic E-state index is -0.425. The molecular formula is C16H18N4O3. The summed E-state index contributed by atoms with van der Waals surface area (Å²) in [5.41, 5.74) is 1.91. The molecule has 120 valence electrons. The van der Waals surface area contributed by atoms with Gasteiger partial charge in [0, 0.05) is 30.4 Å². The number of amides is 2. The first-order valence-corrected chi connectivity index (χ1v) is 7.53. The van der Waals surface area contributed by atoms with Gasteiger partial charge in [0.2, 0.25) is 0 Å². The van der Waals surface area contributed by atoms with Crippen LogP contribution in [0.15, 0.2) is 41.0 Å². The number of β-amino-alcohol motifs (C(OH)–C–C–N with tert-alkyl or cyclic N) is 1. The molecule has 0 saturated heterocycles. The van der Waals surface area contributed by atoms with Crippen LogP contribution in [0.3, 0.4) is 0 Å². The van der Waals surface area contributed by atoms with Crippen LogP contribution < -0.4 is 10.6 Å².